The first-order valence-corrected chi connectivity index (χ1v) is 6.22. The first-order valence-electron chi connectivity index (χ1n) is 6.22. The second kappa shape index (κ2) is 7.00. The van der Waals surface area contributed by atoms with Gasteiger partial charge in [0.05, 0.1) is 18.0 Å². The number of aryl methyl sites for hydroxylation is 2. The van der Waals surface area contributed by atoms with E-state index in [9.17, 15) is 4.79 Å². The Morgan fingerprint density at radius 1 is 1.44 bits per heavy atom. The fraction of sp³-hybridized carbons (Fsp3) is 0.667. The Morgan fingerprint density at radius 3 is 2.78 bits per heavy atom. The molecule has 0 bridgehead atoms. The van der Waals surface area contributed by atoms with Crippen molar-refractivity contribution in [1.82, 2.24) is 9.78 Å². The van der Waals surface area contributed by atoms with Crippen LogP contribution in [0.2, 0.25) is 0 Å². The Hall–Kier alpha value is -1.56. The second-order valence-corrected chi connectivity index (χ2v) is 4.08. The highest BCUT2D eigenvalue weighted by Crippen LogP contribution is 2.17. The van der Waals surface area contributed by atoms with Gasteiger partial charge in [0.1, 0.15) is 0 Å². The average molecular weight is 255 g/mol. The predicted octanol–water partition coefficient (Wildman–Crippen LogP) is 1.11. The quantitative estimate of drug-likeness (QED) is 0.562. The summed E-state index contributed by atoms with van der Waals surface area (Å²) in [7, 11) is 0. The minimum atomic E-state index is -0.432. The Morgan fingerprint density at radius 2 is 2.17 bits per heavy atom. The van der Waals surface area contributed by atoms with Gasteiger partial charge < -0.3 is 15.6 Å². The van der Waals surface area contributed by atoms with Gasteiger partial charge >= 0.3 is 5.97 Å². The van der Waals surface area contributed by atoms with Crippen LogP contribution in [0.15, 0.2) is 0 Å². The maximum absolute atomic E-state index is 11.9. The zero-order valence-electron chi connectivity index (χ0n) is 11.0. The number of aromatic nitrogens is 2. The fourth-order valence-corrected chi connectivity index (χ4v) is 1.66. The normalized spacial score (nSPS) is 10.6. The van der Waals surface area contributed by atoms with E-state index in [4.69, 9.17) is 15.6 Å². The zero-order valence-corrected chi connectivity index (χ0v) is 11.0. The summed E-state index contributed by atoms with van der Waals surface area (Å²) in [5.74, 6) is -0.432. The highest BCUT2D eigenvalue weighted by atomic mass is 16.5. The number of nitrogens with zero attached hydrogens (tertiary/aromatic N) is 2. The molecule has 0 saturated heterocycles. The summed E-state index contributed by atoms with van der Waals surface area (Å²) in [4.78, 5) is 11.9. The van der Waals surface area contributed by atoms with Gasteiger partial charge in [-0.15, -0.1) is 0 Å². The fourth-order valence-electron chi connectivity index (χ4n) is 1.66. The molecule has 6 heteroatoms. The lowest BCUT2D eigenvalue weighted by atomic mass is 10.2. The van der Waals surface area contributed by atoms with Gasteiger partial charge in [-0.25, -0.2) is 4.79 Å². The van der Waals surface area contributed by atoms with Gasteiger partial charge in [-0.2, -0.15) is 5.10 Å². The van der Waals surface area contributed by atoms with Gasteiger partial charge in [-0.05, 0) is 33.1 Å². The van der Waals surface area contributed by atoms with Gasteiger partial charge in [0, 0.05) is 13.2 Å². The minimum Gasteiger partial charge on any atom is -0.461 e. The monoisotopic (exact) mass is 255 g/mol. The van der Waals surface area contributed by atoms with Gasteiger partial charge in [0.25, 0.3) is 0 Å². The van der Waals surface area contributed by atoms with E-state index in [0.29, 0.717) is 30.2 Å². The first kappa shape index (κ1) is 14.5. The first-order chi connectivity index (χ1) is 8.61. The molecular formula is C12H21N3O3. The van der Waals surface area contributed by atoms with Crippen LogP contribution >= 0.6 is 0 Å². The summed E-state index contributed by atoms with van der Waals surface area (Å²) < 4.78 is 6.71. The number of carbonyl (C=O) groups is 1. The van der Waals surface area contributed by atoms with Crippen molar-refractivity contribution in [3.05, 3.63) is 11.4 Å². The number of unbranched alkanes of at least 4 members (excludes halogenated alkanes) is 2. The van der Waals surface area contributed by atoms with Crippen molar-refractivity contribution >= 4 is 11.7 Å². The number of rotatable bonds is 7. The van der Waals surface area contributed by atoms with Crippen molar-refractivity contribution in [3.63, 3.8) is 0 Å². The van der Waals surface area contributed by atoms with E-state index in [-0.39, 0.29) is 6.61 Å². The highest BCUT2D eigenvalue weighted by Gasteiger charge is 2.20. The van der Waals surface area contributed by atoms with Crippen molar-refractivity contribution in [2.75, 3.05) is 18.9 Å². The van der Waals surface area contributed by atoms with Crippen LogP contribution in [0.4, 0.5) is 5.69 Å². The van der Waals surface area contributed by atoms with E-state index >= 15 is 0 Å². The molecular weight excluding hydrogens is 234 g/mol. The molecule has 6 nitrogen and oxygen atoms in total. The molecule has 0 atom stereocenters. The van der Waals surface area contributed by atoms with Crippen LogP contribution in [0.1, 0.15) is 42.4 Å². The molecule has 0 aliphatic heterocycles. The molecule has 0 amide bonds. The van der Waals surface area contributed by atoms with Crippen molar-refractivity contribution < 1.29 is 14.6 Å². The van der Waals surface area contributed by atoms with E-state index in [1.54, 1.807) is 11.6 Å². The van der Waals surface area contributed by atoms with Crippen molar-refractivity contribution in [2.24, 2.45) is 0 Å². The topological polar surface area (TPSA) is 90.4 Å². The third kappa shape index (κ3) is 3.46. The molecule has 1 aromatic rings. The minimum absolute atomic E-state index is 0.169. The standard InChI is InChI=1S/C12H21N3O3/c1-3-15-11(10(13)9(2)14-15)12(17)18-8-6-4-5-7-16/h16H,3-8,13H2,1-2H3. The lowest BCUT2D eigenvalue weighted by molar-refractivity contribution is 0.0484. The molecule has 102 valence electrons. The number of nitrogen functional groups attached to an aromatic ring is 1. The molecule has 1 heterocycles. The third-order valence-corrected chi connectivity index (χ3v) is 2.70. The predicted molar refractivity (Wildman–Crippen MR) is 68.3 cm³/mol. The molecule has 0 aliphatic rings. The van der Waals surface area contributed by atoms with E-state index < -0.39 is 5.97 Å². The van der Waals surface area contributed by atoms with Gasteiger partial charge in [-0.1, -0.05) is 0 Å². The summed E-state index contributed by atoms with van der Waals surface area (Å²) in [6, 6.07) is 0. The number of esters is 1. The smallest absolute Gasteiger partial charge is 0.358 e. The molecule has 1 rings (SSSR count). The van der Waals surface area contributed by atoms with Crippen LogP contribution in [0.5, 0.6) is 0 Å². The van der Waals surface area contributed by atoms with Crippen LogP contribution < -0.4 is 5.73 Å². The van der Waals surface area contributed by atoms with Crippen LogP contribution in [0.3, 0.4) is 0 Å². The average Bonchev–Trinajstić information content (AvgIpc) is 2.65. The highest BCUT2D eigenvalue weighted by molar-refractivity contribution is 5.93. The van der Waals surface area contributed by atoms with E-state index in [0.717, 1.165) is 19.3 Å². The van der Waals surface area contributed by atoms with Crippen molar-refractivity contribution in [1.29, 1.82) is 0 Å². The summed E-state index contributed by atoms with van der Waals surface area (Å²) in [6.07, 6.45) is 2.31. The van der Waals surface area contributed by atoms with Crippen LogP contribution in [-0.4, -0.2) is 34.1 Å². The molecule has 0 fully saturated rings. The van der Waals surface area contributed by atoms with E-state index in [1.807, 2.05) is 6.92 Å². The lowest BCUT2D eigenvalue weighted by Gasteiger charge is -2.06. The third-order valence-electron chi connectivity index (χ3n) is 2.70. The molecule has 0 aliphatic carbocycles. The zero-order chi connectivity index (χ0) is 13.5. The molecule has 3 N–H and O–H groups in total. The van der Waals surface area contributed by atoms with E-state index in [1.165, 1.54) is 0 Å². The van der Waals surface area contributed by atoms with Gasteiger partial charge in [0.2, 0.25) is 0 Å². The summed E-state index contributed by atoms with van der Waals surface area (Å²) >= 11 is 0. The van der Waals surface area contributed by atoms with Crippen LogP contribution in [-0.2, 0) is 11.3 Å². The number of aliphatic hydroxyl groups is 1. The Labute approximate surface area is 107 Å². The maximum atomic E-state index is 11.9. The van der Waals surface area contributed by atoms with Crippen LogP contribution in [0, 0.1) is 6.92 Å². The lowest BCUT2D eigenvalue weighted by Crippen LogP contribution is -2.15. The van der Waals surface area contributed by atoms with Gasteiger partial charge in [-0.3, -0.25) is 4.68 Å². The Kier molecular flexibility index (Phi) is 5.64. The Bertz CT molecular complexity index is 402. The summed E-state index contributed by atoms with van der Waals surface area (Å²) in [5, 5.41) is 12.8. The largest absolute Gasteiger partial charge is 0.461 e. The second-order valence-electron chi connectivity index (χ2n) is 4.08. The number of carbonyl (C=O) groups excluding carboxylic acids is 1. The van der Waals surface area contributed by atoms with Crippen molar-refractivity contribution in [2.45, 2.75) is 39.7 Å². The summed E-state index contributed by atoms with van der Waals surface area (Å²) in [6.45, 7) is 4.74. The number of hydrogen-bond acceptors (Lipinski definition) is 5. The molecule has 1 aromatic heterocycles. The molecule has 0 saturated carbocycles. The van der Waals surface area contributed by atoms with Crippen molar-refractivity contribution in [3.8, 4) is 0 Å². The molecule has 0 unspecified atom stereocenters. The number of aliphatic hydroxyl groups excluding tert-OH is 1. The number of hydrogen-bond donors (Lipinski definition) is 2. The van der Waals surface area contributed by atoms with Gasteiger partial charge in [0.15, 0.2) is 5.69 Å². The Balaban J connectivity index is 2.56. The SMILES string of the molecule is CCn1nc(C)c(N)c1C(=O)OCCCCCO. The maximum Gasteiger partial charge on any atom is 0.358 e. The van der Waals surface area contributed by atoms with E-state index in [2.05, 4.69) is 5.10 Å². The molecule has 18 heavy (non-hydrogen) atoms. The molecule has 0 aromatic carbocycles. The molecule has 0 radical (unpaired) electrons. The van der Waals surface area contributed by atoms with Crippen LogP contribution in [0.25, 0.3) is 0 Å². The molecule has 0 spiro atoms. The number of nitrogens with two attached hydrogens (primary N) is 1. The summed E-state index contributed by atoms with van der Waals surface area (Å²) in [5.41, 5.74) is 7.17. The number of anilines is 1. The number of ether oxygens (including phenoxy) is 1.